The van der Waals surface area contributed by atoms with Gasteiger partial charge in [-0.05, 0) is 30.9 Å². The first-order chi connectivity index (χ1) is 14.8. The van der Waals surface area contributed by atoms with Gasteiger partial charge in [0, 0.05) is 28.3 Å². The van der Waals surface area contributed by atoms with E-state index in [1.54, 1.807) is 18.2 Å². The summed E-state index contributed by atoms with van der Waals surface area (Å²) >= 11 is 1.46. The first-order valence-electron chi connectivity index (χ1n) is 9.63. The normalized spacial score (nSPS) is 8.87. The van der Waals surface area contributed by atoms with Crippen LogP contribution in [0.25, 0.3) is 0 Å². The summed E-state index contributed by atoms with van der Waals surface area (Å²) in [5, 5.41) is 9.21. The molecule has 8 heteroatoms. The molecule has 0 aliphatic heterocycles. The third-order valence-electron chi connectivity index (χ3n) is 3.34. The number of carbonyl (C=O) groups is 2. The van der Waals surface area contributed by atoms with Gasteiger partial charge in [-0.25, -0.2) is 13.2 Å². The van der Waals surface area contributed by atoms with E-state index in [0.29, 0.717) is 5.56 Å². The topological polar surface area (TPSA) is 66.4 Å². The van der Waals surface area contributed by atoms with Crippen LogP contribution in [0, 0.1) is 17.5 Å². The number of rotatable bonds is 6. The summed E-state index contributed by atoms with van der Waals surface area (Å²) in [6.45, 7) is 9.53. The van der Waals surface area contributed by atoms with Crippen molar-refractivity contribution in [3.8, 4) is 0 Å². The number of amides is 1. The molecule has 0 heterocycles. The fourth-order valence-corrected chi connectivity index (χ4v) is 2.40. The van der Waals surface area contributed by atoms with Crippen LogP contribution < -0.4 is 5.32 Å². The quantitative estimate of drug-likeness (QED) is 0.159. The Morgan fingerprint density at radius 1 is 1.16 bits per heavy atom. The predicted molar refractivity (Wildman–Crippen MR) is 122 cm³/mol. The molecule has 0 aromatic heterocycles. The van der Waals surface area contributed by atoms with Crippen LogP contribution in [0.1, 0.15) is 50.4 Å². The van der Waals surface area contributed by atoms with Crippen molar-refractivity contribution >= 4 is 29.8 Å². The maximum Gasteiger partial charge on any atom is 0.290 e. The Balaban J connectivity index is 0. The molecule has 0 aliphatic carbocycles. The Morgan fingerprint density at radius 2 is 1.71 bits per heavy atom. The third-order valence-corrected chi connectivity index (χ3v) is 4.06. The largest absolute Gasteiger partial charge is 0.483 e. The van der Waals surface area contributed by atoms with Crippen LogP contribution in [0.4, 0.5) is 18.9 Å². The highest BCUT2D eigenvalue weighted by atomic mass is 32.2. The van der Waals surface area contributed by atoms with Gasteiger partial charge in [0.15, 0.2) is 17.5 Å². The monoisotopic (exact) mass is 457 g/mol. The number of nitrogens with one attached hydrogen (secondary N) is 1. The molecule has 2 aromatic rings. The summed E-state index contributed by atoms with van der Waals surface area (Å²) in [4.78, 5) is 21.2. The molecule has 0 saturated carbocycles. The molecule has 172 valence electrons. The van der Waals surface area contributed by atoms with Crippen LogP contribution in [0.2, 0.25) is 0 Å². The number of unbranched alkanes of at least 4 members (excludes halogenated alkanes) is 2. The Labute approximate surface area is 186 Å². The molecule has 0 spiro atoms. The van der Waals surface area contributed by atoms with Gasteiger partial charge >= 0.3 is 0 Å². The van der Waals surface area contributed by atoms with Gasteiger partial charge in [-0.3, -0.25) is 9.59 Å². The molecule has 2 rings (SSSR count). The molecule has 1 amide bonds. The number of carbonyl (C=O) groups excluding carboxylic acids is 1. The number of allylic oxidation sites excluding steroid dienone is 1. The number of anilines is 1. The van der Waals surface area contributed by atoms with E-state index in [9.17, 15) is 18.0 Å². The smallest absolute Gasteiger partial charge is 0.290 e. The minimum absolute atomic E-state index is 0.138. The Morgan fingerprint density at radius 3 is 2.13 bits per heavy atom. The van der Waals surface area contributed by atoms with Gasteiger partial charge in [0.1, 0.15) is 0 Å². The van der Waals surface area contributed by atoms with E-state index in [1.165, 1.54) is 31.0 Å². The standard InChI is InChI=1S/C14H10F3NOS.C6H12.C2H6.CH2O2/c1-20-10-4-2-3-8(5-10)14(19)18-9-6-11(15)13(17)12(16)7-9;1-3-5-6-4-2;1-2;2-1-3/h2-7H,1H3,(H,18,19);3H,1,4-6H2,2H3;1-2H3;1H,(H,2,3). The van der Waals surface area contributed by atoms with E-state index in [-0.39, 0.29) is 12.2 Å². The summed E-state index contributed by atoms with van der Waals surface area (Å²) in [7, 11) is 0. The van der Waals surface area contributed by atoms with E-state index < -0.39 is 23.4 Å². The number of benzene rings is 2. The summed E-state index contributed by atoms with van der Waals surface area (Å²) in [5.41, 5.74) is 0.211. The number of hydrogen-bond donors (Lipinski definition) is 2. The van der Waals surface area contributed by atoms with Gasteiger partial charge in [-0.15, -0.1) is 18.3 Å². The summed E-state index contributed by atoms with van der Waals surface area (Å²) < 4.78 is 38.9. The third kappa shape index (κ3) is 13.2. The van der Waals surface area contributed by atoms with Crippen LogP contribution in [0.5, 0.6) is 0 Å². The minimum Gasteiger partial charge on any atom is -0.483 e. The van der Waals surface area contributed by atoms with E-state index in [4.69, 9.17) is 9.90 Å². The van der Waals surface area contributed by atoms with Crippen LogP contribution in [-0.2, 0) is 4.79 Å². The lowest BCUT2D eigenvalue weighted by molar-refractivity contribution is -0.122. The average Bonchev–Trinajstić information content (AvgIpc) is 2.78. The zero-order chi connectivity index (χ0) is 24.2. The second kappa shape index (κ2) is 19.2. The molecule has 31 heavy (non-hydrogen) atoms. The van der Waals surface area contributed by atoms with Crippen LogP contribution in [-0.4, -0.2) is 23.7 Å². The zero-order valence-electron chi connectivity index (χ0n) is 18.3. The van der Waals surface area contributed by atoms with Crippen molar-refractivity contribution in [1.82, 2.24) is 0 Å². The van der Waals surface area contributed by atoms with Crippen molar-refractivity contribution in [3.63, 3.8) is 0 Å². The highest BCUT2D eigenvalue weighted by Crippen LogP contribution is 2.20. The van der Waals surface area contributed by atoms with E-state index >= 15 is 0 Å². The van der Waals surface area contributed by atoms with Crippen molar-refractivity contribution in [1.29, 1.82) is 0 Å². The molecule has 0 saturated heterocycles. The van der Waals surface area contributed by atoms with Crippen LogP contribution >= 0.6 is 11.8 Å². The molecule has 0 atom stereocenters. The van der Waals surface area contributed by atoms with Crippen LogP contribution in [0.3, 0.4) is 0 Å². The molecular formula is C23H30F3NO3S. The van der Waals surface area contributed by atoms with Gasteiger partial charge < -0.3 is 10.4 Å². The molecular weight excluding hydrogens is 427 g/mol. The van der Waals surface area contributed by atoms with Gasteiger partial charge in [0.05, 0.1) is 0 Å². The van der Waals surface area contributed by atoms with Crippen molar-refractivity contribution in [3.05, 3.63) is 72.1 Å². The molecule has 0 fully saturated rings. The Hall–Kier alpha value is -2.74. The first kappa shape index (κ1) is 30.5. The number of carboxylic acid groups (broad SMARTS) is 1. The predicted octanol–water partition coefficient (Wildman–Crippen LogP) is 7.17. The zero-order valence-corrected chi connectivity index (χ0v) is 19.1. The lowest BCUT2D eigenvalue weighted by atomic mass is 10.2. The molecule has 0 bridgehead atoms. The first-order valence-corrected chi connectivity index (χ1v) is 10.9. The van der Waals surface area contributed by atoms with Crippen LogP contribution in [0.15, 0.2) is 53.9 Å². The van der Waals surface area contributed by atoms with Gasteiger partial charge in [-0.2, -0.15) is 0 Å². The van der Waals surface area contributed by atoms with E-state index in [0.717, 1.165) is 17.0 Å². The summed E-state index contributed by atoms with van der Waals surface area (Å²) in [6, 6.07) is 8.22. The maximum absolute atomic E-state index is 13.0. The molecule has 4 nitrogen and oxygen atoms in total. The number of thioether (sulfide) groups is 1. The highest BCUT2D eigenvalue weighted by molar-refractivity contribution is 7.98. The minimum atomic E-state index is -1.56. The fraction of sp³-hybridized carbons (Fsp3) is 0.304. The van der Waals surface area contributed by atoms with Crippen molar-refractivity contribution < 1.29 is 27.9 Å². The number of hydrogen-bond acceptors (Lipinski definition) is 3. The lowest BCUT2D eigenvalue weighted by Gasteiger charge is -2.07. The molecule has 0 unspecified atom stereocenters. The Bertz CT molecular complexity index is 778. The Kier molecular flexibility index (Phi) is 18.9. The van der Waals surface area contributed by atoms with Crippen molar-refractivity contribution in [2.45, 2.75) is 44.9 Å². The fourth-order valence-electron chi connectivity index (χ4n) is 1.94. The average molecular weight is 458 g/mol. The summed E-state index contributed by atoms with van der Waals surface area (Å²) in [5.74, 6) is -4.78. The molecule has 2 N–H and O–H groups in total. The maximum atomic E-state index is 13.0. The second-order valence-corrected chi connectivity index (χ2v) is 6.36. The van der Waals surface area contributed by atoms with E-state index in [2.05, 4.69) is 18.8 Å². The second-order valence-electron chi connectivity index (χ2n) is 5.48. The molecule has 0 aliphatic rings. The SMILES string of the molecule is C=CCCCC.CC.CSc1cccc(C(=O)Nc2cc(F)c(F)c(F)c2)c1.O=CO. The van der Waals surface area contributed by atoms with Gasteiger partial charge in [0.25, 0.3) is 12.4 Å². The molecule has 0 radical (unpaired) electrons. The van der Waals surface area contributed by atoms with Crippen molar-refractivity contribution in [2.24, 2.45) is 0 Å². The highest BCUT2D eigenvalue weighted by Gasteiger charge is 2.13. The molecule has 2 aromatic carbocycles. The van der Waals surface area contributed by atoms with Crippen molar-refractivity contribution in [2.75, 3.05) is 11.6 Å². The number of halogens is 3. The van der Waals surface area contributed by atoms with E-state index in [1.807, 2.05) is 32.2 Å². The van der Waals surface area contributed by atoms with Gasteiger partial charge in [-0.1, -0.05) is 45.8 Å². The summed E-state index contributed by atoms with van der Waals surface area (Å²) in [6.07, 6.45) is 7.58. The lowest BCUT2D eigenvalue weighted by Crippen LogP contribution is -2.12. The van der Waals surface area contributed by atoms with Gasteiger partial charge in [0.2, 0.25) is 0 Å².